The molecule has 0 fully saturated rings. The third-order valence-corrected chi connectivity index (χ3v) is 2.43. The van der Waals surface area contributed by atoms with Crippen molar-refractivity contribution in [2.45, 2.75) is 6.42 Å². The number of ether oxygens (including phenoxy) is 2. The van der Waals surface area contributed by atoms with Gasteiger partial charge in [0.2, 0.25) is 0 Å². The van der Waals surface area contributed by atoms with Gasteiger partial charge in [-0.3, -0.25) is 0 Å². The molecule has 0 bridgehead atoms. The van der Waals surface area contributed by atoms with E-state index in [0.29, 0.717) is 13.0 Å². The van der Waals surface area contributed by atoms with E-state index in [2.05, 4.69) is 0 Å². The van der Waals surface area contributed by atoms with Crippen LogP contribution >= 0.6 is 0 Å². The Labute approximate surface area is 91.5 Å². The van der Waals surface area contributed by atoms with Gasteiger partial charge in [0, 0.05) is 0 Å². The predicted octanol–water partition coefficient (Wildman–Crippen LogP) is 1.69. The minimum Gasteiger partial charge on any atom is -0.497 e. The van der Waals surface area contributed by atoms with Crippen molar-refractivity contribution >= 4 is 11.1 Å². The lowest BCUT2D eigenvalue weighted by Crippen LogP contribution is -2.03. The minimum atomic E-state index is -1.73. The minimum absolute atomic E-state index is 0.246. The van der Waals surface area contributed by atoms with Crippen LogP contribution < -0.4 is 9.47 Å². The maximum Gasteiger partial charge on any atom is 0.152 e. The first kappa shape index (κ1) is 12.0. The van der Waals surface area contributed by atoms with E-state index in [-0.39, 0.29) is 5.75 Å². The first-order chi connectivity index (χ1) is 7.22. The second-order valence-corrected chi connectivity index (χ2v) is 3.95. The lowest BCUT2D eigenvalue weighted by molar-refractivity contribution is 0.316. The summed E-state index contributed by atoms with van der Waals surface area (Å²) < 4.78 is 29.2. The Balaban J connectivity index is 2.28. The van der Waals surface area contributed by atoms with Gasteiger partial charge in [-0.2, -0.15) is 0 Å². The monoisotopic (exact) mass is 230 g/mol. The fourth-order valence-electron chi connectivity index (χ4n) is 1.04. The molecule has 0 radical (unpaired) electrons. The van der Waals surface area contributed by atoms with Crippen LogP contribution in [0, 0.1) is 0 Å². The zero-order valence-electron chi connectivity index (χ0n) is 8.51. The van der Waals surface area contributed by atoms with Crippen LogP contribution in [0.2, 0.25) is 0 Å². The third kappa shape index (κ3) is 4.80. The molecule has 1 atom stereocenters. The van der Waals surface area contributed by atoms with Crippen LogP contribution in [0.1, 0.15) is 6.42 Å². The maximum absolute atomic E-state index is 10.3. The fourth-order valence-corrected chi connectivity index (χ4v) is 1.41. The zero-order chi connectivity index (χ0) is 11.1. The molecule has 0 saturated heterocycles. The molecule has 0 aromatic heterocycles. The number of hydrogen-bond acceptors (Lipinski definition) is 3. The largest absolute Gasteiger partial charge is 0.497 e. The standard InChI is InChI=1S/C10H14O4S/c1-13-9-3-5-10(6-4-9)14-7-2-8-15(11)12/h3-6H,2,7-8H2,1H3,(H,11,12). The van der Waals surface area contributed by atoms with Gasteiger partial charge in [-0.25, -0.2) is 4.21 Å². The average molecular weight is 230 g/mol. The van der Waals surface area contributed by atoms with Crippen molar-refractivity contribution in [3.8, 4) is 11.5 Å². The number of rotatable bonds is 6. The smallest absolute Gasteiger partial charge is 0.152 e. The van der Waals surface area contributed by atoms with Crippen molar-refractivity contribution in [2.75, 3.05) is 19.5 Å². The zero-order valence-corrected chi connectivity index (χ0v) is 9.33. The molecule has 0 aliphatic carbocycles. The van der Waals surface area contributed by atoms with E-state index >= 15 is 0 Å². The maximum atomic E-state index is 10.3. The summed E-state index contributed by atoms with van der Waals surface area (Å²) in [6, 6.07) is 7.21. The molecule has 15 heavy (non-hydrogen) atoms. The van der Waals surface area contributed by atoms with Crippen LogP contribution in [-0.4, -0.2) is 28.2 Å². The van der Waals surface area contributed by atoms with Gasteiger partial charge in [-0.1, -0.05) is 0 Å². The number of methoxy groups -OCH3 is 1. The summed E-state index contributed by atoms with van der Waals surface area (Å²) in [4.78, 5) is 0. The van der Waals surface area contributed by atoms with Crippen LogP contribution in [0.3, 0.4) is 0 Å². The Kier molecular flexibility index (Phi) is 5.14. The molecule has 1 aromatic carbocycles. The summed E-state index contributed by atoms with van der Waals surface area (Å²) in [7, 11) is 1.60. The molecule has 84 valence electrons. The van der Waals surface area contributed by atoms with Crippen LogP contribution in [0.5, 0.6) is 11.5 Å². The second kappa shape index (κ2) is 6.42. The van der Waals surface area contributed by atoms with Crippen LogP contribution in [0.4, 0.5) is 0 Å². The molecule has 1 N–H and O–H groups in total. The summed E-state index contributed by atoms with van der Waals surface area (Å²) in [5.74, 6) is 1.76. The number of hydrogen-bond donors (Lipinski definition) is 1. The van der Waals surface area contributed by atoms with Gasteiger partial charge in [0.15, 0.2) is 11.1 Å². The molecule has 0 heterocycles. The van der Waals surface area contributed by atoms with E-state index < -0.39 is 11.1 Å². The van der Waals surface area contributed by atoms with Gasteiger partial charge in [0.25, 0.3) is 0 Å². The SMILES string of the molecule is COc1ccc(OCCCS(=O)O)cc1. The van der Waals surface area contributed by atoms with Gasteiger partial charge in [0.05, 0.1) is 19.5 Å². The Morgan fingerprint density at radius 2 is 1.87 bits per heavy atom. The Morgan fingerprint density at radius 1 is 1.27 bits per heavy atom. The van der Waals surface area contributed by atoms with E-state index in [1.165, 1.54) is 0 Å². The molecule has 0 spiro atoms. The topological polar surface area (TPSA) is 55.8 Å². The molecule has 0 aliphatic rings. The summed E-state index contributed by atoms with van der Waals surface area (Å²) in [6.07, 6.45) is 0.565. The summed E-state index contributed by atoms with van der Waals surface area (Å²) in [6.45, 7) is 0.443. The summed E-state index contributed by atoms with van der Waals surface area (Å²) >= 11 is -1.73. The Hall–Kier alpha value is -1.07. The van der Waals surface area contributed by atoms with Crippen molar-refractivity contribution in [3.05, 3.63) is 24.3 Å². The molecule has 1 unspecified atom stereocenters. The fraction of sp³-hybridized carbons (Fsp3) is 0.400. The molecular formula is C10H14O4S. The van der Waals surface area contributed by atoms with Crippen molar-refractivity contribution < 1.29 is 18.2 Å². The van der Waals surface area contributed by atoms with E-state index in [1.54, 1.807) is 31.4 Å². The van der Waals surface area contributed by atoms with Gasteiger partial charge < -0.3 is 14.0 Å². The highest BCUT2D eigenvalue weighted by Gasteiger charge is 1.97. The highest BCUT2D eigenvalue weighted by atomic mass is 32.2. The highest BCUT2D eigenvalue weighted by molar-refractivity contribution is 7.79. The lowest BCUT2D eigenvalue weighted by atomic mass is 10.3. The second-order valence-electron chi connectivity index (χ2n) is 2.90. The molecule has 1 aromatic rings. The average Bonchev–Trinajstić information content (AvgIpc) is 2.25. The Morgan fingerprint density at radius 3 is 2.40 bits per heavy atom. The van der Waals surface area contributed by atoms with Crippen LogP contribution in [0.15, 0.2) is 24.3 Å². The molecule has 0 aliphatic heterocycles. The van der Waals surface area contributed by atoms with Crippen molar-refractivity contribution in [1.82, 2.24) is 0 Å². The number of benzene rings is 1. The van der Waals surface area contributed by atoms with Gasteiger partial charge in [0.1, 0.15) is 11.5 Å². The van der Waals surface area contributed by atoms with Gasteiger partial charge >= 0.3 is 0 Å². The molecule has 4 nitrogen and oxygen atoms in total. The van der Waals surface area contributed by atoms with Gasteiger partial charge in [-0.15, -0.1) is 0 Å². The summed E-state index contributed by atoms with van der Waals surface area (Å²) in [5.41, 5.74) is 0. The van der Waals surface area contributed by atoms with E-state index in [9.17, 15) is 4.21 Å². The molecule has 0 amide bonds. The predicted molar refractivity (Wildman–Crippen MR) is 58.7 cm³/mol. The Bertz CT molecular complexity index is 310. The third-order valence-electron chi connectivity index (χ3n) is 1.79. The molecule has 1 rings (SSSR count). The lowest BCUT2D eigenvalue weighted by Gasteiger charge is -2.05. The first-order valence-corrected chi connectivity index (χ1v) is 5.84. The van der Waals surface area contributed by atoms with Crippen molar-refractivity contribution in [3.63, 3.8) is 0 Å². The van der Waals surface area contributed by atoms with Crippen LogP contribution in [-0.2, 0) is 11.1 Å². The molecule has 0 saturated carbocycles. The normalized spacial score (nSPS) is 12.1. The molecular weight excluding hydrogens is 216 g/mol. The molecule has 5 heteroatoms. The quantitative estimate of drug-likeness (QED) is 0.597. The van der Waals surface area contributed by atoms with E-state index in [0.717, 1.165) is 11.5 Å². The first-order valence-electron chi connectivity index (χ1n) is 4.56. The van der Waals surface area contributed by atoms with Crippen LogP contribution in [0.25, 0.3) is 0 Å². The van der Waals surface area contributed by atoms with Crippen molar-refractivity contribution in [1.29, 1.82) is 0 Å². The van der Waals surface area contributed by atoms with E-state index in [1.807, 2.05) is 0 Å². The van der Waals surface area contributed by atoms with E-state index in [4.69, 9.17) is 14.0 Å². The summed E-state index contributed by atoms with van der Waals surface area (Å²) in [5, 5.41) is 0. The van der Waals surface area contributed by atoms with Gasteiger partial charge in [-0.05, 0) is 30.7 Å². The highest BCUT2D eigenvalue weighted by Crippen LogP contribution is 2.16. The van der Waals surface area contributed by atoms with Crippen molar-refractivity contribution in [2.24, 2.45) is 0 Å².